The molecule has 1 fully saturated rings. The molecule has 0 spiro atoms. The van der Waals surface area contributed by atoms with Gasteiger partial charge in [-0.25, -0.2) is 8.42 Å². The minimum Gasteiger partial charge on any atom is -0.468 e. The number of amides is 1. The molecule has 2 atom stereocenters. The predicted molar refractivity (Wildman–Crippen MR) is 128 cm³/mol. The van der Waals surface area contributed by atoms with Crippen molar-refractivity contribution in [3.05, 3.63) is 72.6 Å². The third kappa shape index (κ3) is 6.16. The van der Waals surface area contributed by atoms with E-state index in [9.17, 15) is 13.2 Å². The second-order valence-electron chi connectivity index (χ2n) is 9.14. The van der Waals surface area contributed by atoms with E-state index in [4.69, 9.17) is 8.83 Å². The van der Waals surface area contributed by atoms with Gasteiger partial charge in [-0.1, -0.05) is 13.8 Å². The van der Waals surface area contributed by atoms with Crippen molar-refractivity contribution in [2.24, 2.45) is 11.8 Å². The van der Waals surface area contributed by atoms with Crippen LogP contribution < -0.4 is 5.32 Å². The number of anilines is 1. The van der Waals surface area contributed by atoms with Gasteiger partial charge in [-0.3, -0.25) is 9.69 Å². The van der Waals surface area contributed by atoms with E-state index in [0.29, 0.717) is 43.7 Å². The molecule has 1 amide bonds. The third-order valence-electron chi connectivity index (χ3n) is 5.90. The molecule has 0 saturated carbocycles. The lowest BCUT2D eigenvalue weighted by atomic mass is 9.94. The summed E-state index contributed by atoms with van der Waals surface area (Å²) in [6.07, 6.45) is 4.23. The van der Waals surface area contributed by atoms with Crippen molar-refractivity contribution in [1.29, 1.82) is 0 Å². The maximum absolute atomic E-state index is 13.1. The quantitative estimate of drug-likeness (QED) is 0.489. The Morgan fingerprint density at radius 1 is 0.971 bits per heavy atom. The molecular weight excluding hydrogens is 454 g/mol. The van der Waals surface area contributed by atoms with Gasteiger partial charge in [-0.05, 0) is 66.8 Å². The Morgan fingerprint density at radius 2 is 1.53 bits per heavy atom. The lowest BCUT2D eigenvalue weighted by Gasteiger charge is -2.34. The van der Waals surface area contributed by atoms with E-state index in [1.807, 2.05) is 17.0 Å². The molecule has 2 unspecified atom stereocenters. The number of carbonyl (C=O) groups excluding carboxylic acids is 1. The van der Waals surface area contributed by atoms with Crippen molar-refractivity contribution in [2.75, 3.05) is 25.0 Å². The second-order valence-corrected chi connectivity index (χ2v) is 11.1. The fraction of sp³-hybridized carbons (Fsp3) is 0.400. The van der Waals surface area contributed by atoms with Gasteiger partial charge in [0, 0.05) is 18.8 Å². The van der Waals surface area contributed by atoms with Crippen LogP contribution in [0.5, 0.6) is 0 Å². The highest BCUT2D eigenvalue weighted by Crippen LogP contribution is 2.27. The standard InChI is InChI=1S/C25H31N3O5S/c1-19-13-20(2)15-28(14-19)34(30,31)24-9-7-21(8-10-24)26-25(29)18-27(16-22-5-3-11-32-22)17-23-6-4-12-33-23/h3-12,19-20H,13-18H2,1-2H3,(H,26,29). The summed E-state index contributed by atoms with van der Waals surface area (Å²) in [5.41, 5.74) is 0.542. The van der Waals surface area contributed by atoms with Crippen molar-refractivity contribution >= 4 is 21.6 Å². The third-order valence-corrected chi connectivity index (χ3v) is 7.74. The lowest BCUT2D eigenvalue weighted by molar-refractivity contribution is -0.117. The number of nitrogens with one attached hydrogen (secondary N) is 1. The fourth-order valence-electron chi connectivity index (χ4n) is 4.48. The zero-order chi connectivity index (χ0) is 24.1. The maximum atomic E-state index is 13.1. The summed E-state index contributed by atoms with van der Waals surface area (Å²) in [6.45, 7) is 6.25. The normalized spacial score (nSPS) is 19.4. The SMILES string of the molecule is CC1CC(C)CN(S(=O)(=O)c2ccc(NC(=O)CN(Cc3ccco3)Cc3ccco3)cc2)C1. The molecule has 9 heteroatoms. The number of carbonyl (C=O) groups is 1. The Hall–Kier alpha value is -2.88. The summed E-state index contributed by atoms with van der Waals surface area (Å²) in [5, 5.41) is 2.85. The van der Waals surface area contributed by atoms with Crippen molar-refractivity contribution in [1.82, 2.24) is 9.21 Å². The van der Waals surface area contributed by atoms with Crippen LogP contribution in [-0.2, 0) is 27.9 Å². The summed E-state index contributed by atoms with van der Waals surface area (Å²) < 4.78 is 38.6. The van der Waals surface area contributed by atoms with Gasteiger partial charge in [0.15, 0.2) is 0 Å². The Morgan fingerprint density at radius 3 is 2.03 bits per heavy atom. The van der Waals surface area contributed by atoms with Gasteiger partial charge in [-0.15, -0.1) is 0 Å². The van der Waals surface area contributed by atoms with Gasteiger partial charge in [0.25, 0.3) is 0 Å². The van der Waals surface area contributed by atoms with Crippen LogP contribution in [0.25, 0.3) is 0 Å². The first-order valence-electron chi connectivity index (χ1n) is 11.5. The second kappa shape index (κ2) is 10.6. The average Bonchev–Trinajstić information content (AvgIpc) is 3.48. The number of nitrogens with zero attached hydrogens (tertiary/aromatic N) is 2. The molecule has 1 saturated heterocycles. The van der Waals surface area contributed by atoms with Crippen LogP contribution >= 0.6 is 0 Å². The number of benzene rings is 1. The van der Waals surface area contributed by atoms with E-state index in [-0.39, 0.29) is 17.3 Å². The van der Waals surface area contributed by atoms with Gasteiger partial charge in [-0.2, -0.15) is 4.31 Å². The van der Waals surface area contributed by atoms with Crippen LogP contribution in [0.4, 0.5) is 5.69 Å². The van der Waals surface area contributed by atoms with E-state index in [1.165, 1.54) is 0 Å². The molecule has 0 aliphatic carbocycles. The van der Waals surface area contributed by atoms with Crippen molar-refractivity contribution < 1.29 is 22.0 Å². The topological polar surface area (TPSA) is 96.0 Å². The van der Waals surface area contributed by atoms with E-state index < -0.39 is 10.0 Å². The largest absolute Gasteiger partial charge is 0.468 e. The van der Waals surface area contributed by atoms with E-state index in [0.717, 1.165) is 17.9 Å². The Bertz CT molecular complexity index is 1110. The predicted octanol–water partition coefficient (Wildman–Crippen LogP) is 4.18. The first-order valence-corrected chi connectivity index (χ1v) is 12.9. The molecule has 1 aliphatic rings. The highest BCUT2D eigenvalue weighted by molar-refractivity contribution is 7.89. The number of rotatable bonds is 9. The summed E-state index contributed by atoms with van der Waals surface area (Å²) in [6, 6.07) is 13.7. The number of hydrogen-bond acceptors (Lipinski definition) is 6. The fourth-order valence-corrected chi connectivity index (χ4v) is 6.16. The summed E-state index contributed by atoms with van der Waals surface area (Å²) in [4.78, 5) is 14.9. The molecule has 4 rings (SSSR count). The lowest BCUT2D eigenvalue weighted by Crippen LogP contribution is -2.42. The molecule has 0 radical (unpaired) electrons. The molecule has 2 aromatic heterocycles. The molecule has 1 N–H and O–H groups in total. The summed E-state index contributed by atoms with van der Waals surface area (Å²) >= 11 is 0. The number of furan rings is 2. The van der Waals surface area contributed by atoms with Crippen LogP contribution in [0.15, 0.2) is 74.8 Å². The van der Waals surface area contributed by atoms with Crippen LogP contribution in [0.3, 0.4) is 0 Å². The summed E-state index contributed by atoms with van der Waals surface area (Å²) in [5.74, 6) is 1.95. The van der Waals surface area contributed by atoms with Gasteiger partial charge < -0.3 is 14.2 Å². The molecule has 34 heavy (non-hydrogen) atoms. The molecule has 3 aromatic rings. The highest BCUT2D eigenvalue weighted by Gasteiger charge is 2.31. The van der Waals surface area contributed by atoms with E-state index >= 15 is 0 Å². The van der Waals surface area contributed by atoms with Gasteiger partial charge in [0.1, 0.15) is 11.5 Å². The molecule has 1 aromatic carbocycles. The number of piperidine rings is 1. The van der Waals surface area contributed by atoms with Gasteiger partial charge >= 0.3 is 0 Å². The first-order chi connectivity index (χ1) is 16.3. The van der Waals surface area contributed by atoms with Crippen molar-refractivity contribution in [3.8, 4) is 0 Å². The Kier molecular flexibility index (Phi) is 7.55. The van der Waals surface area contributed by atoms with Crippen LogP contribution in [0.1, 0.15) is 31.8 Å². The van der Waals surface area contributed by atoms with Crippen LogP contribution in [0.2, 0.25) is 0 Å². The Balaban J connectivity index is 1.39. The number of hydrogen-bond donors (Lipinski definition) is 1. The van der Waals surface area contributed by atoms with E-state index in [2.05, 4.69) is 19.2 Å². The molecule has 0 bridgehead atoms. The van der Waals surface area contributed by atoms with Gasteiger partial charge in [0.05, 0.1) is 37.1 Å². The van der Waals surface area contributed by atoms with Crippen LogP contribution in [-0.4, -0.2) is 43.2 Å². The smallest absolute Gasteiger partial charge is 0.243 e. The minimum atomic E-state index is -3.56. The summed E-state index contributed by atoms with van der Waals surface area (Å²) in [7, 11) is -3.56. The zero-order valence-electron chi connectivity index (χ0n) is 19.5. The molecule has 8 nitrogen and oxygen atoms in total. The van der Waals surface area contributed by atoms with Gasteiger partial charge in [0.2, 0.25) is 15.9 Å². The molecular formula is C25H31N3O5S. The minimum absolute atomic E-state index is 0.116. The first kappa shape index (κ1) is 24.3. The van der Waals surface area contributed by atoms with Crippen molar-refractivity contribution in [2.45, 2.75) is 38.3 Å². The van der Waals surface area contributed by atoms with Crippen molar-refractivity contribution in [3.63, 3.8) is 0 Å². The van der Waals surface area contributed by atoms with E-state index in [1.54, 1.807) is 53.2 Å². The Labute approximate surface area is 200 Å². The maximum Gasteiger partial charge on any atom is 0.243 e. The monoisotopic (exact) mass is 485 g/mol. The number of sulfonamides is 1. The average molecular weight is 486 g/mol. The molecule has 3 heterocycles. The molecule has 182 valence electrons. The van der Waals surface area contributed by atoms with Crippen LogP contribution in [0, 0.1) is 11.8 Å². The highest BCUT2D eigenvalue weighted by atomic mass is 32.2. The zero-order valence-corrected chi connectivity index (χ0v) is 20.3. The molecule has 1 aliphatic heterocycles.